The maximum Gasteiger partial charge on any atom is 0.410 e. The molecule has 232 valence electrons. The Morgan fingerprint density at radius 3 is 2.58 bits per heavy atom. The predicted molar refractivity (Wildman–Crippen MR) is 162 cm³/mol. The fourth-order valence-electron chi connectivity index (χ4n) is 6.41. The molecule has 3 aliphatic rings. The van der Waals surface area contributed by atoms with Gasteiger partial charge in [-0.2, -0.15) is 0 Å². The molecule has 3 aliphatic heterocycles. The molecule has 0 unspecified atom stereocenters. The number of carbonyl (C=O) groups excluding carboxylic acids is 3. The summed E-state index contributed by atoms with van der Waals surface area (Å²) < 4.78 is 20.1. The number of piperazine rings is 1. The molecule has 4 heterocycles. The molecule has 0 N–H and O–H groups in total. The molecule has 1 aromatic carbocycles. The van der Waals surface area contributed by atoms with Gasteiger partial charge in [0, 0.05) is 80.5 Å². The van der Waals surface area contributed by atoms with Crippen LogP contribution in [0.5, 0.6) is 0 Å². The van der Waals surface area contributed by atoms with E-state index in [-0.39, 0.29) is 47.8 Å². The normalized spacial score (nSPS) is 22.2. The highest BCUT2D eigenvalue weighted by atomic mass is 19.1. The van der Waals surface area contributed by atoms with Crippen LogP contribution in [0.3, 0.4) is 0 Å². The van der Waals surface area contributed by atoms with Crippen LogP contribution in [0.4, 0.5) is 14.9 Å². The second kappa shape index (κ2) is 11.9. The van der Waals surface area contributed by atoms with Crippen molar-refractivity contribution in [3.63, 3.8) is 0 Å². The lowest BCUT2D eigenvalue weighted by atomic mass is 9.88. The second-order valence-electron chi connectivity index (χ2n) is 13.8. The first-order valence-corrected chi connectivity index (χ1v) is 15.3. The molecule has 2 aromatic rings. The highest BCUT2D eigenvalue weighted by Crippen LogP contribution is 2.41. The highest BCUT2D eigenvalue weighted by molar-refractivity contribution is 5.97. The number of hydrogen-bond donors (Lipinski definition) is 0. The fourth-order valence-corrected chi connectivity index (χ4v) is 6.41. The Labute approximate surface area is 254 Å². The Kier molecular flexibility index (Phi) is 8.53. The van der Waals surface area contributed by atoms with Crippen LogP contribution in [0.15, 0.2) is 36.5 Å². The molecule has 0 spiro atoms. The summed E-state index contributed by atoms with van der Waals surface area (Å²) in [6, 6.07) is 8.19. The standard InChI is InChI=1S/C33H44FN5O4/c1-22-17-37(25(18-36-13-9-12-29(36)40)19-38(22)31(42)43-32(2,3)4)20-30(41)39-21-33(5,6)26-16-35-24(15-28(26)39)14-23-10-7-8-11-27(23)34/h7-8,10-11,15-16,22,25H,9,12-14,17-21H2,1-6H3/t22-,25+/m1/s1. The molecule has 1 aromatic heterocycles. The maximum absolute atomic E-state index is 14.4. The molecule has 10 heteroatoms. The third-order valence-electron chi connectivity index (χ3n) is 8.67. The number of rotatable bonds is 6. The van der Waals surface area contributed by atoms with E-state index in [1.54, 1.807) is 23.1 Å². The number of fused-ring (bicyclic) bond motifs is 1. The molecular weight excluding hydrogens is 549 g/mol. The lowest BCUT2D eigenvalue weighted by Gasteiger charge is -2.46. The molecule has 0 bridgehead atoms. The smallest absolute Gasteiger partial charge is 0.410 e. The number of anilines is 1. The Morgan fingerprint density at radius 2 is 1.91 bits per heavy atom. The van der Waals surface area contributed by atoms with E-state index in [9.17, 15) is 18.8 Å². The number of aromatic nitrogens is 1. The SMILES string of the molecule is C[C@@H]1CN(CC(=O)N2CC(C)(C)c3cnc(Cc4ccccc4F)cc32)[C@@H](CN2CCCC2=O)CN1C(=O)OC(C)(C)C. The number of benzene rings is 1. The van der Waals surface area contributed by atoms with Crippen LogP contribution < -0.4 is 4.90 Å². The third-order valence-corrected chi connectivity index (χ3v) is 8.67. The molecule has 5 rings (SSSR count). The zero-order valence-corrected chi connectivity index (χ0v) is 26.2. The van der Waals surface area contributed by atoms with Gasteiger partial charge in [0.2, 0.25) is 11.8 Å². The average Bonchev–Trinajstić information content (AvgIpc) is 3.44. The largest absolute Gasteiger partial charge is 0.444 e. The maximum atomic E-state index is 14.4. The van der Waals surface area contributed by atoms with Gasteiger partial charge in [-0.15, -0.1) is 0 Å². The van der Waals surface area contributed by atoms with Crippen molar-refractivity contribution >= 4 is 23.6 Å². The third kappa shape index (κ3) is 6.84. The summed E-state index contributed by atoms with van der Waals surface area (Å²) >= 11 is 0. The zero-order valence-electron chi connectivity index (χ0n) is 26.2. The number of nitrogens with zero attached hydrogens (tertiary/aromatic N) is 5. The summed E-state index contributed by atoms with van der Waals surface area (Å²) in [5.74, 6) is -0.218. The van der Waals surface area contributed by atoms with E-state index in [1.165, 1.54) is 6.07 Å². The monoisotopic (exact) mass is 593 g/mol. The number of pyridine rings is 1. The molecule has 43 heavy (non-hydrogen) atoms. The van der Waals surface area contributed by atoms with Gasteiger partial charge in [0.05, 0.1) is 12.2 Å². The Bertz CT molecular complexity index is 1390. The fraction of sp³-hybridized carbons (Fsp3) is 0.576. The van der Waals surface area contributed by atoms with E-state index in [0.29, 0.717) is 56.8 Å². The van der Waals surface area contributed by atoms with Crippen molar-refractivity contribution in [2.45, 2.75) is 83.9 Å². The van der Waals surface area contributed by atoms with Gasteiger partial charge >= 0.3 is 6.09 Å². The van der Waals surface area contributed by atoms with Gasteiger partial charge in [-0.25, -0.2) is 9.18 Å². The van der Waals surface area contributed by atoms with Gasteiger partial charge in [0.15, 0.2) is 0 Å². The molecule has 3 amide bonds. The van der Waals surface area contributed by atoms with Crippen LogP contribution >= 0.6 is 0 Å². The molecule has 9 nitrogen and oxygen atoms in total. The van der Waals surface area contributed by atoms with E-state index < -0.39 is 5.60 Å². The van der Waals surface area contributed by atoms with E-state index in [2.05, 4.69) is 23.7 Å². The van der Waals surface area contributed by atoms with Crippen molar-refractivity contribution in [3.05, 3.63) is 59.2 Å². The minimum atomic E-state index is -0.625. The van der Waals surface area contributed by atoms with Crippen molar-refractivity contribution in [1.82, 2.24) is 19.7 Å². The Hall–Kier alpha value is -3.53. The van der Waals surface area contributed by atoms with Crippen LogP contribution in [0.25, 0.3) is 0 Å². The van der Waals surface area contributed by atoms with Crippen molar-refractivity contribution in [1.29, 1.82) is 0 Å². The van der Waals surface area contributed by atoms with Crippen LogP contribution in [0, 0.1) is 5.82 Å². The first-order valence-electron chi connectivity index (χ1n) is 15.3. The highest BCUT2D eigenvalue weighted by Gasteiger charge is 2.42. The van der Waals surface area contributed by atoms with Crippen LogP contribution in [0.1, 0.15) is 71.2 Å². The van der Waals surface area contributed by atoms with Gasteiger partial charge in [-0.05, 0) is 51.8 Å². The average molecular weight is 594 g/mol. The molecule has 0 saturated carbocycles. The first kappa shape index (κ1) is 30.9. The summed E-state index contributed by atoms with van der Waals surface area (Å²) in [6.45, 7) is 14.3. The number of carbonyl (C=O) groups is 3. The Morgan fingerprint density at radius 1 is 1.16 bits per heavy atom. The molecule has 2 saturated heterocycles. The van der Waals surface area contributed by atoms with Gasteiger partial charge in [0.1, 0.15) is 11.4 Å². The van der Waals surface area contributed by atoms with Gasteiger partial charge in [-0.1, -0.05) is 32.0 Å². The number of hydrogen-bond acceptors (Lipinski definition) is 6. The van der Waals surface area contributed by atoms with E-state index in [4.69, 9.17) is 4.74 Å². The van der Waals surface area contributed by atoms with Crippen molar-refractivity contribution < 1.29 is 23.5 Å². The number of ether oxygens (including phenoxy) is 1. The molecule has 2 fully saturated rings. The lowest BCUT2D eigenvalue weighted by molar-refractivity contribution is -0.129. The summed E-state index contributed by atoms with van der Waals surface area (Å²) in [7, 11) is 0. The topological polar surface area (TPSA) is 86.3 Å². The van der Waals surface area contributed by atoms with E-state index in [1.807, 2.05) is 49.8 Å². The van der Waals surface area contributed by atoms with Crippen molar-refractivity contribution in [2.24, 2.45) is 0 Å². The first-order chi connectivity index (χ1) is 20.2. The molecular formula is C33H44FN5O4. The number of likely N-dealkylation sites (tertiary alicyclic amines) is 1. The summed E-state index contributed by atoms with van der Waals surface area (Å²) in [4.78, 5) is 51.9. The van der Waals surface area contributed by atoms with Crippen molar-refractivity contribution in [3.8, 4) is 0 Å². The van der Waals surface area contributed by atoms with Crippen LogP contribution in [-0.4, -0.2) is 94.5 Å². The lowest BCUT2D eigenvalue weighted by Crippen LogP contribution is -2.63. The molecule has 2 atom stereocenters. The minimum Gasteiger partial charge on any atom is -0.444 e. The number of halogens is 1. The summed E-state index contributed by atoms with van der Waals surface area (Å²) in [5.41, 5.74) is 2.13. The Balaban J connectivity index is 1.37. The molecule has 0 aliphatic carbocycles. The predicted octanol–water partition coefficient (Wildman–Crippen LogP) is 4.37. The molecule has 0 radical (unpaired) electrons. The van der Waals surface area contributed by atoms with Gasteiger partial charge in [-0.3, -0.25) is 19.5 Å². The van der Waals surface area contributed by atoms with E-state index >= 15 is 0 Å². The summed E-state index contributed by atoms with van der Waals surface area (Å²) in [5, 5.41) is 0. The van der Waals surface area contributed by atoms with Gasteiger partial charge < -0.3 is 19.4 Å². The van der Waals surface area contributed by atoms with Gasteiger partial charge in [0.25, 0.3) is 0 Å². The van der Waals surface area contributed by atoms with Crippen molar-refractivity contribution in [2.75, 3.05) is 44.2 Å². The minimum absolute atomic E-state index is 0.0504. The zero-order chi connectivity index (χ0) is 31.1. The van der Waals surface area contributed by atoms with E-state index in [0.717, 1.165) is 17.7 Å². The second-order valence-corrected chi connectivity index (χ2v) is 13.8. The van der Waals surface area contributed by atoms with Crippen LogP contribution in [0.2, 0.25) is 0 Å². The van der Waals surface area contributed by atoms with Crippen LogP contribution in [-0.2, 0) is 26.2 Å². The summed E-state index contributed by atoms with van der Waals surface area (Å²) in [6.07, 6.45) is 3.12. The quantitative estimate of drug-likeness (QED) is 0.495. The number of amides is 3.